The highest BCUT2D eigenvalue weighted by molar-refractivity contribution is 9.10. The van der Waals surface area contributed by atoms with Crippen LogP contribution in [-0.4, -0.2) is 47.1 Å². The van der Waals surface area contributed by atoms with Crippen LogP contribution >= 0.6 is 15.9 Å². The van der Waals surface area contributed by atoms with Crippen molar-refractivity contribution in [3.8, 4) is 0 Å². The zero-order valence-corrected chi connectivity index (χ0v) is 13.9. The highest BCUT2D eigenvalue weighted by Gasteiger charge is 2.26. The van der Waals surface area contributed by atoms with Crippen molar-refractivity contribution < 1.29 is 9.90 Å². The van der Waals surface area contributed by atoms with Gasteiger partial charge in [-0.2, -0.15) is 0 Å². The van der Waals surface area contributed by atoms with Gasteiger partial charge in [-0.3, -0.25) is 4.79 Å². The summed E-state index contributed by atoms with van der Waals surface area (Å²) in [6.45, 7) is 4.39. The molecule has 1 amide bonds. The number of piperidine rings is 1. The first-order valence-corrected chi connectivity index (χ1v) is 8.24. The highest BCUT2D eigenvalue weighted by atomic mass is 79.9. The maximum atomic E-state index is 12.8. The van der Waals surface area contributed by atoms with E-state index in [9.17, 15) is 4.79 Å². The summed E-state index contributed by atoms with van der Waals surface area (Å²) in [6.07, 6.45) is 4.54. The van der Waals surface area contributed by atoms with Gasteiger partial charge in [-0.15, -0.1) is 0 Å². The molecule has 116 valence electrons. The molecule has 2 heterocycles. The zero-order valence-electron chi connectivity index (χ0n) is 12.3. The number of halogens is 1. The molecule has 0 spiro atoms. The van der Waals surface area contributed by atoms with E-state index in [1.54, 1.807) is 6.20 Å². The molecule has 1 fully saturated rings. The molecule has 0 aliphatic carbocycles. The van der Waals surface area contributed by atoms with E-state index in [1.165, 1.54) is 0 Å². The molecule has 1 aromatic rings. The van der Waals surface area contributed by atoms with Crippen molar-refractivity contribution in [3.63, 3.8) is 0 Å². The van der Waals surface area contributed by atoms with Gasteiger partial charge < -0.3 is 15.3 Å². The van der Waals surface area contributed by atoms with Crippen molar-refractivity contribution >= 4 is 27.7 Å². The number of hydrogen-bond acceptors (Lipinski definition) is 4. The Morgan fingerprint density at radius 1 is 1.62 bits per heavy atom. The van der Waals surface area contributed by atoms with Crippen LogP contribution in [0.3, 0.4) is 0 Å². The number of aliphatic hydroxyl groups excluding tert-OH is 1. The van der Waals surface area contributed by atoms with Gasteiger partial charge in [0.25, 0.3) is 5.91 Å². The topological polar surface area (TPSA) is 65.5 Å². The Morgan fingerprint density at radius 3 is 3.14 bits per heavy atom. The minimum absolute atomic E-state index is 0.0161. The lowest BCUT2D eigenvalue weighted by atomic mass is 9.94. The Balaban J connectivity index is 2.16. The van der Waals surface area contributed by atoms with Gasteiger partial charge >= 0.3 is 0 Å². The van der Waals surface area contributed by atoms with Crippen LogP contribution in [0.4, 0.5) is 5.82 Å². The van der Waals surface area contributed by atoms with Gasteiger partial charge in [0.15, 0.2) is 0 Å². The molecule has 1 aromatic heterocycles. The summed E-state index contributed by atoms with van der Waals surface area (Å²) in [6, 6.07) is 1.82. The summed E-state index contributed by atoms with van der Waals surface area (Å²) in [4.78, 5) is 18.9. The van der Waals surface area contributed by atoms with Crippen LogP contribution < -0.4 is 5.32 Å². The average Bonchev–Trinajstić information content (AvgIpc) is 2.49. The molecule has 0 aromatic carbocycles. The normalized spacial score (nSPS) is 18.6. The quantitative estimate of drug-likeness (QED) is 0.851. The summed E-state index contributed by atoms with van der Waals surface area (Å²) in [5.41, 5.74) is 0.607. The van der Waals surface area contributed by atoms with Gasteiger partial charge in [-0.05, 0) is 54.1 Å². The van der Waals surface area contributed by atoms with Crippen LogP contribution in [0.1, 0.15) is 36.5 Å². The first-order valence-electron chi connectivity index (χ1n) is 7.45. The number of anilines is 1. The van der Waals surface area contributed by atoms with Crippen molar-refractivity contribution in [1.29, 1.82) is 0 Å². The number of carbonyl (C=O) groups is 1. The van der Waals surface area contributed by atoms with Crippen LogP contribution in [0, 0.1) is 5.92 Å². The molecule has 1 saturated heterocycles. The Hall–Kier alpha value is -1.14. The number of likely N-dealkylation sites (tertiary alicyclic amines) is 1. The zero-order chi connectivity index (χ0) is 15.2. The van der Waals surface area contributed by atoms with E-state index < -0.39 is 0 Å². The molecule has 0 radical (unpaired) electrons. The van der Waals surface area contributed by atoms with Crippen molar-refractivity contribution in [1.82, 2.24) is 9.88 Å². The van der Waals surface area contributed by atoms with Crippen molar-refractivity contribution in [2.45, 2.75) is 26.2 Å². The maximum Gasteiger partial charge on any atom is 0.257 e. The van der Waals surface area contributed by atoms with Gasteiger partial charge in [0.1, 0.15) is 5.82 Å². The van der Waals surface area contributed by atoms with Crippen LogP contribution in [0.25, 0.3) is 0 Å². The molecule has 1 atom stereocenters. The summed E-state index contributed by atoms with van der Waals surface area (Å²) in [5.74, 6) is 1.05. The Kier molecular flexibility index (Phi) is 5.99. The predicted molar refractivity (Wildman–Crippen MR) is 86.4 cm³/mol. The Bertz CT molecular complexity index is 494. The number of nitrogens with zero attached hydrogens (tertiary/aromatic N) is 2. The van der Waals surface area contributed by atoms with Gasteiger partial charge in [-0.1, -0.05) is 0 Å². The fourth-order valence-corrected chi connectivity index (χ4v) is 3.08. The second-order valence-electron chi connectivity index (χ2n) is 5.35. The van der Waals surface area contributed by atoms with E-state index >= 15 is 0 Å². The number of nitrogens with one attached hydrogen (secondary N) is 1. The Morgan fingerprint density at radius 2 is 2.43 bits per heavy atom. The summed E-state index contributed by atoms with van der Waals surface area (Å²) in [7, 11) is 0. The van der Waals surface area contributed by atoms with E-state index in [0.717, 1.165) is 43.4 Å². The monoisotopic (exact) mass is 355 g/mol. The van der Waals surface area contributed by atoms with E-state index in [2.05, 4.69) is 26.2 Å². The third-order valence-electron chi connectivity index (χ3n) is 3.77. The first-order chi connectivity index (χ1) is 10.2. The van der Waals surface area contributed by atoms with Crippen molar-refractivity contribution in [3.05, 3.63) is 22.3 Å². The lowest BCUT2D eigenvalue weighted by Gasteiger charge is -2.33. The number of carbonyl (C=O) groups excluding carboxylic acids is 1. The second-order valence-corrected chi connectivity index (χ2v) is 6.27. The number of hydrogen-bond donors (Lipinski definition) is 2. The molecule has 1 aliphatic heterocycles. The number of rotatable bonds is 5. The number of pyridine rings is 1. The molecule has 1 aliphatic rings. The molecule has 0 bridgehead atoms. The van der Waals surface area contributed by atoms with Crippen LogP contribution in [-0.2, 0) is 0 Å². The van der Waals surface area contributed by atoms with E-state index in [0.29, 0.717) is 17.3 Å². The third-order valence-corrected chi connectivity index (χ3v) is 4.21. The summed E-state index contributed by atoms with van der Waals surface area (Å²) in [5, 5.41) is 12.2. The first kappa shape index (κ1) is 16.2. The third kappa shape index (κ3) is 4.17. The smallest absolute Gasteiger partial charge is 0.257 e. The lowest BCUT2D eigenvalue weighted by molar-refractivity contribution is 0.0654. The van der Waals surface area contributed by atoms with Crippen molar-refractivity contribution in [2.24, 2.45) is 5.92 Å². The summed E-state index contributed by atoms with van der Waals surface area (Å²) >= 11 is 3.38. The SMILES string of the molecule is CCNc1ncc(Br)cc1C(=O)N1CCCC(CCO)C1. The molecule has 2 rings (SSSR count). The number of aromatic nitrogens is 1. The van der Waals surface area contributed by atoms with E-state index in [-0.39, 0.29) is 12.5 Å². The van der Waals surface area contributed by atoms with Gasteiger partial charge in [-0.25, -0.2) is 4.98 Å². The molecule has 2 N–H and O–H groups in total. The second kappa shape index (κ2) is 7.75. The fourth-order valence-electron chi connectivity index (χ4n) is 2.75. The number of amides is 1. The van der Waals surface area contributed by atoms with Crippen LogP contribution in [0.2, 0.25) is 0 Å². The van der Waals surface area contributed by atoms with Gasteiger partial charge in [0.2, 0.25) is 0 Å². The average molecular weight is 356 g/mol. The molecular formula is C15H22BrN3O2. The summed E-state index contributed by atoms with van der Waals surface area (Å²) < 4.78 is 0.802. The van der Waals surface area contributed by atoms with Crippen molar-refractivity contribution in [2.75, 3.05) is 31.6 Å². The standard InChI is InChI=1S/C15H22BrN3O2/c1-2-17-14-13(8-12(16)9-18-14)15(21)19-6-3-4-11(10-19)5-7-20/h8-9,11,20H,2-7,10H2,1H3,(H,17,18). The van der Waals surface area contributed by atoms with Crippen LogP contribution in [0.5, 0.6) is 0 Å². The van der Waals surface area contributed by atoms with Crippen LogP contribution in [0.15, 0.2) is 16.7 Å². The molecular weight excluding hydrogens is 334 g/mol. The van der Waals surface area contributed by atoms with E-state index in [4.69, 9.17) is 5.11 Å². The molecule has 0 saturated carbocycles. The Labute approximate surface area is 133 Å². The molecule has 1 unspecified atom stereocenters. The lowest BCUT2D eigenvalue weighted by Crippen LogP contribution is -2.40. The highest BCUT2D eigenvalue weighted by Crippen LogP contribution is 2.24. The largest absolute Gasteiger partial charge is 0.396 e. The van der Waals surface area contributed by atoms with Gasteiger partial charge in [0.05, 0.1) is 5.56 Å². The maximum absolute atomic E-state index is 12.8. The number of aliphatic hydroxyl groups is 1. The molecule has 6 heteroatoms. The molecule has 21 heavy (non-hydrogen) atoms. The minimum atomic E-state index is 0.0161. The predicted octanol–water partition coefficient (Wildman–Crippen LogP) is 2.51. The fraction of sp³-hybridized carbons (Fsp3) is 0.600. The molecule has 5 nitrogen and oxygen atoms in total. The minimum Gasteiger partial charge on any atom is -0.396 e. The van der Waals surface area contributed by atoms with Gasteiger partial charge in [0, 0.05) is 36.9 Å². The van der Waals surface area contributed by atoms with E-state index in [1.807, 2.05) is 17.9 Å².